The molecule has 0 fully saturated rings. The van der Waals surface area contributed by atoms with Gasteiger partial charge in [0.1, 0.15) is 0 Å². The highest BCUT2D eigenvalue weighted by atomic mass is 35.5. The summed E-state index contributed by atoms with van der Waals surface area (Å²) in [7, 11) is 0. The Kier molecular flexibility index (Phi) is 5.51. The van der Waals surface area contributed by atoms with Gasteiger partial charge in [-0.1, -0.05) is 36.1 Å². The van der Waals surface area contributed by atoms with Crippen molar-refractivity contribution < 1.29 is 21.9 Å². The molecule has 1 heterocycles. The van der Waals surface area contributed by atoms with E-state index in [1.165, 1.54) is 0 Å². The standard InChI is InChI=1S/C17H15NO2.ClH/c1-2-5-14(6-3-1)7-4-10-18-12-15-8-9-16-17(11-15)20-13-19-16;/h1-3,5-6,8-9,11,18H,10,12-13H2;1H/p-1. The van der Waals surface area contributed by atoms with E-state index >= 15 is 0 Å². The minimum Gasteiger partial charge on any atom is -1.00 e. The Hall–Kier alpha value is -2.15. The normalized spacial score (nSPS) is 11.2. The first-order chi connectivity index (χ1) is 9.92. The van der Waals surface area contributed by atoms with Crippen molar-refractivity contribution >= 4 is 0 Å². The molecule has 1 N–H and O–H groups in total. The number of hydrogen-bond donors (Lipinski definition) is 1. The lowest BCUT2D eigenvalue weighted by Gasteiger charge is -2.02. The highest BCUT2D eigenvalue weighted by Crippen LogP contribution is 2.32. The molecule has 3 nitrogen and oxygen atoms in total. The maximum absolute atomic E-state index is 5.35. The first-order valence-corrected chi connectivity index (χ1v) is 6.55. The monoisotopic (exact) mass is 300 g/mol. The molecule has 2 aromatic carbocycles. The van der Waals surface area contributed by atoms with Gasteiger partial charge in [0.2, 0.25) is 6.79 Å². The van der Waals surface area contributed by atoms with Crippen LogP contribution in [0, 0.1) is 11.8 Å². The van der Waals surface area contributed by atoms with Crippen LogP contribution in [0.2, 0.25) is 0 Å². The van der Waals surface area contributed by atoms with E-state index in [2.05, 4.69) is 17.2 Å². The molecule has 0 saturated heterocycles. The van der Waals surface area contributed by atoms with Crippen LogP contribution in [-0.2, 0) is 6.54 Å². The van der Waals surface area contributed by atoms with Gasteiger partial charge in [-0.2, -0.15) is 0 Å². The SMILES string of the molecule is C(#Cc1ccccc1)CNCc1ccc2c(c1)OCO2.[Cl-]. The van der Waals surface area contributed by atoms with E-state index < -0.39 is 0 Å². The van der Waals surface area contributed by atoms with Gasteiger partial charge < -0.3 is 27.2 Å². The Morgan fingerprint density at radius 3 is 2.67 bits per heavy atom. The van der Waals surface area contributed by atoms with Gasteiger partial charge in [0.25, 0.3) is 0 Å². The molecule has 0 atom stereocenters. The molecule has 0 aromatic heterocycles. The number of rotatable bonds is 3. The van der Waals surface area contributed by atoms with Crippen molar-refractivity contribution in [2.45, 2.75) is 6.54 Å². The summed E-state index contributed by atoms with van der Waals surface area (Å²) in [5, 5.41) is 3.29. The number of benzene rings is 2. The Morgan fingerprint density at radius 1 is 1.00 bits per heavy atom. The number of halogens is 1. The van der Waals surface area contributed by atoms with Gasteiger partial charge in [-0.3, -0.25) is 0 Å². The van der Waals surface area contributed by atoms with E-state index in [-0.39, 0.29) is 12.4 Å². The zero-order valence-corrected chi connectivity index (χ0v) is 12.2. The summed E-state index contributed by atoms with van der Waals surface area (Å²) in [6, 6.07) is 16.0. The minimum absolute atomic E-state index is 0. The summed E-state index contributed by atoms with van der Waals surface area (Å²) in [5.41, 5.74) is 2.20. The van der Waals surface area contributed by atoms with Crippen LogP contribution in [0.15, 0.2) is 48.5 Å². The van der Waals surface area contributed by atoms with E-state index in [1.54, 1.807) is 0 Å². The average Bonchev–Trinajstić information content (AvgIpc) is 2.95. The molecule has 108 valence electrons. The lowest BCUT2D eigenvalue weighted by atomic mass is 10.2. The van der Waals surface area contributed by atoms with Gasteiger partial charge in [0.15, 0.2) is 11.5 Å². The second kappa shape index (κ2) is 7.58. The van der Waals surface area contributed by atoms with Gasteiger partial charge in [-0.25, -0.2) is 0 Å². The number of fused-ring (bicyclic) bond motifs is 1. The molecule has 1 aliphatic rings. The Labute approximate surface area is 130 Å². The maximum atomic E-state index is 5.35. The summed E-state index contributed by atoms with van der Waals surface area (Å²) >= 11 is 0. The van der Waals surface area contributed by atoms with Crippen LogP contribution < -0.4 is 27.2 Å². The largest absolute Gasteiger partial charge is 1.00 e. The van der Waals surface area contributed by atoms with Crippen LogP contribution in [0.5, 0.6) is 11.5 Å². The van der Waals surface area contributed by atoms with Crippen LogP contribution in [0.1, 0.15) is 11.1 Å². The van der Waals surface area contributed by atoms with Gasteiger partial charge in [-0.15, -0.1) is 0 Å². The highest BCUT2D eigenvalue weighted by Gasteiger charge is 2.12. The predicted octanol–water partition coefficient (Wildman–Crippen LogP) is -0.439. The molecule has 0 saturated carbocycles. The number of hydrogen-bond acceptors (Lipinski definition) is 3. The molecule has 2 aromatic rings. The van der Waals surface area contributed by atoms with Crippen LogP contribution >= 0.6 is 0 Å². The molecule has 21 heavy (non-hydrogen) atoms. The van der Waals surface area contributed by atoms with Crippen molar-refractivity contribution in [3.8, 4) is 23.3 Å². The Bertz CT molecular complexity index is 647. The summed E-state index contributed by atoms with van der Waals surface area (Å²) in [6.45, 7) is 1.73. The minimum atomic E-state index is 0. The average molecular weight is 301 g/mol. The van der Waals surface area contributed by atoms with Crippen molar-refractivity contribution in [3.63, 3.8) is 0 Å². The van der Waals surface area contributed by atoms with E-state index in [0.29, 0.717) is 13.3 Å². The van der Waals surface area contributed by atoms with Crippen molar-refractivity contribution in [3.05, 3.63) is 59.7 Å². The van der Waals surface area contributed by atoms with Crippen molar-refractivity contribution in [1.29, 1.82) is 0 Å². The van der Waals surface area contributed by atoms with E-state index in [1.807, 2.05) is 48.5 Å². The van der Waals surface area contributed by atoms with Gasteiger partial charge in [0.05, 0.1) is 6.54 Å². The van der Waals surface area contributed by atoms with Crippen molar-refractivity contribution in [1.82, 2.24) is 5.32 Å². The molecule has 4 heteroatoms. The Morgan fingerprint density at radius 2 is 1.81 bits per heavy atom. The van der Waals surface area contributed by atoms with Gasteiger partial charge in [-0.05, 0) is 29.8 Å². The fourth-order valence-corrected chi connectivity index (χ4v) is 1.99. The smallest absolute Gasteiger partial charge is 0.231 e. The molecule has 0 radical (unpaired) electrons. The molecule has 0 bridgehead atoms. The van der Waals surface area contributed by atoms with Crippen LogP contribution in [0.4, 0.5) is 0 Å². The Balaban J connectivity index is 0.00000161. The van der Waals surface area contributed by atoms with Crippen LogP contribution in [-0.4, -0.2) is 13.3 Å². The molecule has 0 aliphatic carbocycles. The van der Waals surface area contributed by atoms with E-state index in [4.69, 9.17) is 9.47 Å². The summed E-state index contributed by atoms with van der Waals surface area (Å²) in [6.07, 6.45) is 0. The van der Waals surface area contributed by atoms with Gasteiger partial charge in [0, 0.05) is 12.1 Å². The molecular formula is C17H15ClNO2-. The third kappa shape index (κ3) is 4.16. The predicted molar refractivity (Wildman–Crippen MR) is 77.6 cm³/mol. The van der Waals surface area contributed by atoms with Crippen molar-refractivity contribution in [2.24, 2.45) is 0 Å². The lowest BCUT2D eigenvalue weighted by Crippen LogP contribution is -3.00. The topological polar surface area (TPSA) is 30.5 Å². The van der Waals surface area contributed by atoms with Crippen molar-refractivity contribution in [2.75, 3.05) is 13.3 Å². The molecule has 1 aliphatic heterocycles. The fraction of sp³-hybridized carbons (Fsp3) is 0.176. The molecule has 0 spiro atoms. The molecule has 3 rings (SSSR count). The maximum Gasteiger partial charge on any atom is 0.231 e. The molecule has 0 amide bonds. The molecule has 0 unspecified atom stereocenters. The first kappa shape index (κ1) is 15.2. The van der Waals surface area contributed by atoms with E-state index in [0.717, 1.165) is 29.2 Å². The number of ether oxygens (including phenoxy) is 2. The number of nitrogens with one attached hydrogen (secondary N) is 1. The summed E-state index contributed by atoms with van der Waals surface area (Å²) < 4.78 is 10.6. The molecular weight excluding hydrogens is 286 g/mol. The summed E-state index contributed by atoms with van der Waals surface area (Å²) in [4.78, 5) is 0. The van der Waals surface area contributed by atoms with Gasteiger partial charge >= 0.3 is 0 Å². The van der Waals surface area contributed by atoms with E-state index in [9.17, 15) is 0 Å². The zero-order valence-electron chi connectivity index (χ0n) is 11.4. The zero-order chi connectivity index (χ0) is 13.6. The third-order valence-electron chi connectivity index (χ3n) is 2.99. The fourth-order valence-electron chi connectivity index (χ4n) is 1.99. The first-order valence-electron chi connectivity index (χ1n) is 6.55. The second-order valence-electron chi connectivity index (χ2n) is 4.46. The van der Waals surface area contributed by atoms with Crippen LogP contribution in [0.25, 0.3) is 0 Å². The van der Waals surface area contributed by atoms with Crippen LogP contribution in [0.3, 0.4) is 0 Å². The highest BCUT2D eigenvalue weighted by molar-refractivity contribution is 5.44. The second-order valence-corrected chi connectivity index (χ2v) is 4.46. The third-order valence-corrected chi connectivity index (χ3v) is 2.99. The lowest BCUT2D eigenvalue weighted by molar-refractivity contribution is -0.00000553. The quantitative estimate of drug-likeness (QED) is 0.616. The summed E-state index contributed by atoms with van der Waals surface area (Å²) in [5.74, 6) is 7.86.